The molecule has 0 aliphatic rings. The number of hydrogen-bond acceptors (Lipinski definition) is 4. The molecule has 0 fully saturated rings. The highest BCUT2D eigenvalue weighted by Gasteiger charge is 2.13. The molecule has 0 aromatic heterocycles. The van der Waals surface area contributed by atoms with E-state index in [9.17, 15) is 12.8 Å². The van der Waals surface area contributed by atoms with Gasteiger partial charge in [0, 0.05) is 6.07 Å². The Labute approximate surface area is 122 Å². The maximum absolute atomic E-state index is 12.8. The van der Waals surface area contributed by atoms with Crippen LogP contribution < -0.4 is 15.2 Å². The first-order valence-corrected chi connectivity index (χ1v) is 7.73. The Kier molecular flexibility index (Phi) is 4.32. The first-order chi connectivity index (χ1) is 9.89. The molecule has 2 aromatic rings. The Hall–Kier alpha value is -2.28. The third-order valence-corrected chi connectivity index (χ3v) is 4.04. The van der Waals surface area contributed by atoms with Gasteiger partial charge in [-0.2, -0.15) is 0 Å². The van der Waals surface area contributed by atoms with Crippen molar-refractivity contribution in [3.05, 3.63) is 53.8 Å². The minimum Gasteiger partial charge on any atom is -0.495 e. The molecule has 2 rings (SSSR count). The lowest BCUT2D eigenvalue weighted by Gasteiger charge is -2.10. The summed E-state index contributed by atoms with van der Waals surface area (Å²) in [5, 5.41) is 0. The van der Waals surface area contributed by atoms with E-state index in [0.717, 1.165) is 0 Å². The number of methoxy groups -OCH3 is 1. The second-order valence-corrected chi connectivity index (χ2v) is 6.17. The number of sulfonamides is 1. The van der Waals surface area contributed by atoms with E-state index in [1.807, 2.05) is 0 Å². The Bertz CT molecular complexity index is 730. The number of ether oxygens (including phenoxy) is 1. The topological polar surface area (TPSA) is 81.4 Å². The summed E-state index contributed by atoms with van der Waals surface area (Å²) in [7, 11) is -2.16. The molecule has 21 heavy (non-hydrogen) atoms. The average molecular weight is 310 g/mol. The highest BCUT2D eigenvalue weighted by Crippen LogP contribution is 2.25. The number of anilines is 2. The zero-order chi connectivity index (χ0) is 15.5. The van der Waals surface area contributed by atoms with Gasteiger partial charge in [-0.05, 0) is 29.8 Å². The van der Waals surface area contributed by atoms with Crippen LogP contribution >= 0.6 is 0 Å². The molecule has 0 atom stereocenters. The summed E-state index contributed by atoms with van der Waals surface area (Å²) in [6, 6.07) is 9.89. The van der Waals surface area contributed by atoms with E-state index in [-0.39, 0.29) is 5.75 Å². The molecule has 0 saturated carbocycles. The van der Waals surface area contributed by atoms with Crippen LogP contribution in [0.5, 0.6) is 5.75 Å². The van der Waals surface area contributed by atoms with E-state index in [1.54, 1.807) is 12.1 Å². The van der Waals surface area contributed by atoms with Crippen molar-refractivity contribution < 1.29 is 17.5 Å². The fourth-order valence-corrected chi connectivity index (χ4v) is 2.98. The van der Waals surface area contributed by atoms with Crippen LogP contribution in [0.1, 0.15) is 5.56 Å². The van der Waals surface area contributed by atoms with Gasteiger partial charge in [-0.1, -0.05) is 12.1 Å². The Morgan fingerprint density at radius 1 is 1.19 bits per heavy atom. The number of halogens is 1. The zero-order valence-corrected chi connectivity index (χ0v) is 12.2. The van der Waals surface area contributed by atoms with Crippen LogP contribution in [-0.2, 0) is 15.8 Å². The lowest BCUT2D eigenvalue weighted by atomic mass is 10.2. The molecule has 5 nitrogen and oxygen atoms in total. The second-order valence-electron chi connectivity index (χ2n) is 4.44. The zero-order valence-electron chi connectivity index (χ0n) is 11.3. The predicted octanol–water partition coefficient (Wildman–Crippen LogP) is 2.36. The molecule has 0 aliphatic heterocycles. The molecule has 0 saturated heterocycles. The first kappa shape index (κ1) is 15.1. The molecule has 2 aromatic carbocycles. The molecule has 0 unspecified atom stereocenters. The van der Waals surface area contributed by atoms with Gasteiger partial charge in [-0.15, -0.1) is 0 Å². The van der Waals surface area contributed by atoms with E-state index in [4.69, 9.17) is 10.5 Å². The summed E-state index contributed by atoms with van der Waals surface area (Å²) in [5.41, 5.74) is 6.92. The maximum atomic E-state index is 12.8. The quantitative estimate of drug-likeness (QED) is 0.831. The minimum atomic E-state index is -3.61. The Morgan fingerprint density at radius 3 is 2.48 bits per heavy atom. The monoisotopic (exact) mass is 310 g/mol. The molecular weight excluding hydrogens is 295 g/mol. The summed E-state index contributed by atoms with van der Waals surface area (Å²) in [6.45, 7) is 0. The summed E-state index contributed by atoms with van der Waals surface area (Å²) in [5.74, 6) is -0.274. The van der Waals surface area contributed by atoms with Crippen molar-refractivity contribution in [2.75, 3.05) is 17.6 Å². The molecule has 0 radical (unpaired) electrons. The standard InChI is InChI=1S/C14H15FN2O3S/c1-20-14-8-12(6-7-13(14)16)17-21(18,19)9-10-2-4-11(15)5-3-10/h2-8,17H,9,16H2,1H3. The van der Waals surface area contributed by atoms with E-state index >= 15 is 0 Å². The van der Waals surface area contributed by atoms with E-state index in [2.05, 4.69) is 4.72 Å². The van der Waals surface area contributed by atoms with Crippen LogP contribution in [0.3, 0.4) is 0 Å². The molecule has 3 N–H and O–H groups in total. The summed E-state index contributed by atoms with van der Waals surface area (Å²) in [4.78, 5) is 0. The smallest absolute Gasteiger partial charge is 0.236 e. The number of benzene rings is 2. The Balaban J connectivity index is 2.15. The summed E-state index contributed by atoms with van der Waals surface area (Å²) >= 11 is 0. The molecule has 0 amide bonds. The molecule has 0 spiro atoms. The van der Waals surface area contributed by atoms with Crippen molar-refractivity contribution in [3.8, 4) is 5.75 Å². The van der Waals surface area contributed by atoms with Crippen molar-refractivity contribution in [1.29, 1.82) is 0 Å². The summed E-state index contributed by atoms with van der Waals surface area (Å²) < 4.78 is 44.4. The molecular formula is C14H15FN2O3S. The van der Waals surface area contributed by atoms with E-state index in [0.29, 0.717) is 22.7 Å². The normalized spacial score (nSPS) is 11.1. The fourth-order valence-electron chi connectivity index (χ4n) is 1.79. The predicted molar refractivity (Wildman–Crippen MR) is 80.1 cm³/mol. The van der Waals surface area contributed by atoms with Crippen LogP contribution in [0.15, 0.2) is 42.5 Å². The molecule has 112 valence electrons. The lowest BCUT2D eigenvalue weighted by molar-refractivity contribution is 0.417. The largest absolute Gasteiger partial charge is 0.495 e. The molecule has 0 aliphatic carbocycles. The van der Waals surface area contributed by atoms with Gasteiger partial charge >= 0.3 is 0 Å². The highest BCUT2D eigenvalue weighted by molar-refractivity contribution is 7.91. The van der Waals surface area contributed by atoms with Gasteiger partial charge in [0.05, 0.1) is 24.2 Å². The van der Waals surface area contributed by atoms with Gasteiger partial charge in [0.25, 0.3) is 0 Å². The van der Waals surface area contributed by atoms with Crippen LogP contribution in [0.4, 0.5) is 15.8 Å². The number of hydrogen-bond donors (Lipinski definition) is 2. The number of nitrogens with one attached hydrogen (secondary N) is 1. The third kappa shape index (κ3) is 4.09. The fraction of sp³-hybridized carbons (Fsp3) is 0.143. The molecule has 7 heteroatoms. The van der Waals surface area contributed by atoms with Gasteiger partial charge < -0.3 is 10.5 Å². The maximum Gasteiger partial charge on any atom is 0.236 e. The van der Waals surface area contributed by atoms with Crippen LogP contribution in [0, 0.1) is 5.82 Å². The van der Waals surface area contributed by atoms with Crippen LogP contribution in [-0.4, -0.2) is 15.5 Å². The van der Waals surface area contributed by atoms with Crippen LogP contribution in [0.2, 0.25) is 0 Å². The minimum absolute atomic E-state index is 0.250. The molecule has 0 bridgehead atoms. The van der Waals surface area contributed by atoms with Crippen molar-refractivity contribution in [3.63, 3.8) is 0 Å². The molecule has 0 heterocycles. The van der Waals surface area contributed by atoms with Crippen molar-refractivity contribution in [1.82, 2.24) is 0 Å². The van der Waals surface area contributed by atoms with Crippen LogP contribution in [0.25, 0.3) is 0 Å². The second kappa shape index (κ2) is 6.01. The summed E-state index contributed by atoms with van der Waals surface area (Å²) in [6.07, 6.45) is 0. The number of nitrogens with two attached hydrogens (primary N) is 1. The average Bonchev–Trinajstić information content (AvgIpc) is 2.43. The number of rotatable bonds is 5. The van der Waals surface area contributed by atoms with E-state index < -0.39 is 15.8 Å². The van der Waals surface area contributed by atoms with Crippen molar-refractivity contribution >= 4 is 21.4 Å². The van der Waals surface area contributed by atoms with Gasteiger partial charge in [-0.3, -0.25) is 4.72 Å². The lowest BCUT2D eigenvalue weighted by Crippen LogP contribution is -2.15. The van der Waals surface area contributed by atoms with Gasteiger partial charge in [0.15, 0.2) is 0 Å². The number of nitrogen functional groups attached to an aromatic ring is 1. The van der Waals surface area contributed by atoms with Crippen molar-refractivity contribution in [2.24, 2.45) is 0 Å². The highest BCUT2D eigenvalue weighted by atomic mass is 32.2. The van der Waals surface area contributed by atoms with Gasteiger partial charge in [0.2, 0.25) is 10.0 Å². The van der Waals surface area contributed by atoms with Gasteiger partial charge in [-0.25, -0.2) is 12.8 Å². The SMILES string of the molecule is COc1cc(NS(=O)(=O)Cc2ccc(F)cc2)ccc1N. The van der Waals surface area contributed by atoms with Gasteiger partial charge in [0.1, 0.15) is 11.6 Å². The van der Waals surface area contributed by atoms with E-state index in [1.165, 1.54) is 37.4 Å². The Morgan fingerprint density at radius 2 is 1.86 bits per heavy atom. The third-order valence-electron chi connectivity index (χ3n) is 2.78. The first-order valence-electron chi connectivity index (χ1n) is 6.08. The van der Waals surface area contributed by atoms with Crippen molar-refractivity contribution in [2.45, 2.75) is 5.75 Å².